The normalized spacial score (nSPS) is 25.2. The second kappa shape index (κ2) is 7.20. The van der Waals surface area contributed by atoms with E-state index < -0.39 is 10.2 Å². The van der Waals surface area contributed by atoms with Crippen LogP contribution in [0, 0.1) is 5.92 Å². The van der Waals surface area contributed by atoms with Crippen molar-refractivity contribution in [2.75, 3.05) is 33.2 Å². The first-order chi connectivity index (χ1) is 9.55. The Morgan fingerprint density at radius 2 is 2.00 bits per heavy atom. The Kier molecular flexibility index (Phi) is 5.84. The van der Waals surface area contributed by atoms with Crippen LogP contribution in [0.3, 0.4) is 0 Å². The molecule has 5 nitrogen and oxygen atoms in total. The van der Waals surface area contributed by atoms with E-state index >= 15 is 0 Å². The van der Waals surface area contributed by atoms with Gasteiger partial charge in [-0.2, -0.15) is 17.0 Å². The number of hydrogen-bond acceptors (Lipinski definition) is 3. The van der Waals surface area contributed by atoms with Gasteiger partial charge in [-0.1, -0.05) is 13.3 Å². The maximum Gasteiger partial charge on any atom is 0.282 e. The summed E-state index contributed by atoms with van der Waals surface area (Å²) in [6.45, 7) is 5.24. The van der Waals surface area contributed by atoms with E-state index in [1.807, 2.05) is 0 Å². The summed E-state index contributed by atoms with van der Waals surface area (Å²) in [6.07, 6.45) is 6.55. The predicted octanol–water partition coefficient (Wildman–Crippen LogP) is 1.43. The molecule has 0 radical (unpaired) electrons. The van der Waals surface area contributed by atoms with E-state index in [4.69, 9.17) is 0 Å². The van der Waals surface area contributed by atoms with E-state index in [0.717, 1.165) is 38.8 Å². The van der Waals surface area contributed by atoms with Crippen molar-refractivity contribution in [3.63, 3.8) is 0 Å². The molecule has 2 rings (SSSR count). The summed E-state index contributed by atoms with van der Waals surface area (Å²) >= 11 is 0. The Balaban J connectivity index is 1.97. The summed E-state index contributed by atoms with van der Waals surface area (Å²) < 4.78 is 28.7. The summed E-state index contributed by atoms with van der Waals surface area (Å²) in [7, 11) is -1.54. The zero-order valence-corrected chi connectivity index (χ0v) is 13.7. The number of nitrogens with one attached hydrogen (secondary N) is 1. The van der Waals surface area contributed by atoms with Gasteiger partial charge in [0.1, 0.15) is 0 Å². The molecule has 0 bridgehead atoms. The molecule has 1 atom stereocenters. The molecule has 6 heteroatoms. The van der Waals surface area contributed by atoms with Crippen LogP contribution in [0.15, 0.2) is 0 Å². The molecule has 1 aliphatic heterocycles. The lowest BCUT2D eigenvalue weighted by atomic mass is 10.1. The van der Waals surface area contributed by atoms with Crippen molar-refractivity contribution in [1.29, 1.82) is 0 Å². The van der Waals surface area contributed by atoms with Gasteiger partial charge in [0, 0.05) is 32.7 Å². The van der Waals surface area contributed by atoms with Crippen molar-refractivity contribution in [2.45, 2.75) is 51.5 Å². The van der Waals surface area contributed by atoms with Crippen LogP contribution < -0.4 is 5.32 Å². The molecule has 0 amide bonds. The average molecular weight is 303 g/mol. The highest BCUT2D eigenvalue weighted by Gasteiger charge is 2.36. The Morgan fingerprint density at radius 3 is 2.65 bits per heavy atom. The lowest BCUT2D eigenvalue weighted by molar-refractivity contribution is 0.230. The molecule has 1 saturated heterocycles. The van der Waals surface area contributed by atoms with E-state index in [0.29, 0.717) is 19.0 Å². The topological polar surface area (TPSA) is 52.7 Å². The summed E-state index contributed by atoms with van der Waals surface area (Å²) in [5.41, 5.74) is 0. The highest BCUT2D eigenvalue weighted by atomic mass is 32.2. The average Bonchev–Trinajstić information content (AvgIpc) is 3.23. The van der Waals surface area contributed by atoms with Gasteiger partial charge in [0.2, 0.25) is 0 Å². The molecule has 0 aromatic heterocycles. The van der Waals surface area contributed by atoms with E-state index in [9.17, 15) is 8.42 Å². The molecular weight excluding hydrogens is 274 g/mol. The third-order valence-corrected chi connectivity index (χ3v) is 6.29. The van der Waals surface area contributed by atoms with Crippen LogP contribution in [0.2, 0.25) is 0 Å². The molecule has 1 saturated carbocycles. The zero-order chi connectivity index (χ0) is 14.6. The van der Waals surface area contributed by atoms with Crippen LogP contribution in [0.5, 0.6) is 0 Å². The van der Waals surface area contributed by atoms with Gasteiger partial charge in [-0.25, -0.2) is 0 Å². The maximum atomic E-state index is 12.7. The Hall–Kier alpha value is -0.170. The van der Waals surface area contributed by atoms with Gasteiger partial charge < -0.3 is 5.32 Å². The summed E-state index contributed by atoms with van der Waals surface area (Å²) in [6, 6.07) is 0.127. The van der Waals surface area contributed by atoms with Crippen LogP contribution >= 0.6 is 0 Å². The standard InChI is InChI=1S/C14H29N3O2S/c1-3-9-15-11-14-6-4-5-10-17(14)20(18,19)16(2)12-13-7-8-13/h13-15H,3-12H2,1-2H3. The third-order valence-electron chi connectivity index (χ3n) is 4.28. The van der Waals surface area contributed by atoms with Gasteiger partial charge in [-0.15, -0.1) is 0 Å². The summed E-state index contributed by atoms with van der Waals surface area (Å²) in [5.74, 6) is 0.594. The molecule has 2 fully saturated rings. The van der Waals surface area contributed by atoms with Crippen LogP contribution in [-0.4, -0.2) is 56.3 Å². The van der Waals surface area contributed by atoms with Crippen molar-refractivity contribution in [3.05, 3.63) is 0 Å². The maximum absolute atomic E-state index is 12.7. The molecule has 20 heavy (non-hydrogen) atoms. The van der Waals surface area contributed by atoms with E-state index in [1.54, 1.807) is 15.7 Å². The van der Waals surface area contributed by atoms with E-state index in [-0.39, 0.29) is 6.04 Å². The minimum Gasteiger partial charge on any atom is -0.315 e. The Labute approximate surface area is 123 Å². The molecule has 0 aromatic rings. The van der Waals surface area contributed by atoms with Crippen molar-refractivity contribution in [3.8, 4) is 0 Å². The van der Waals surface area contributed by atoms with Crippen LogP contribution in [0.4, 0.5) is 0 Å². The Bertz CT molecular complexity index is 395. The highest BCUT2D eigenvalue weighted by molar-refractivity contribution is 7.86. The molecule has 118 valence electrons. The van der Waals surface area contributed by atoms with Crippen LogP contribution in [-0.2, 0) is 10.2 Å². The number of piperidine rings is 1. The van der Waals surface area contributed by atoms with Gasteiger partial charge >= 0.3 is 0 Å². The fourth-order valence-electron chi connectivity index (χ4n) is 2.86. The molecule has 2 aliphatic rings. The Morgan fingerprint density at radius 1 is 1.25 bits per heavy atom. The number of rotatable bonds is 8. The monoisotopic (exact) mass is 303 g/mol. The van der Waals surface area contributed by atoms with E-state index in [2.05, 4.69) is 12.2 Å². The highest BCUT2D eigenvalue weighted by Crippen LogP contribution is 2.31. The lowest BCUT2D eigenvalue weighted by Gasteiger charge is -2.37. The predicted molar refractivity (Wildman–Crippen MR) is 81.8 cm³/mol. The molecule has 1 heterocycles. The van der Waals surface area contributed by atoms with Gasteiger partial charge in [-0.3, -0.25) is 0 Å². The minimum atomic E-state index is -3.28. The molecule has 0 spiro atoms. The second-order valence-corrected chi connectivity index (χ2v) is 8.18. The van der Waals surface area contributed by atoms with Crippen LogP contribution in [0.1, 0.15) is 45.4 Å². The molecular formula is C14H29N3O2S. The first kappa shape index (κ1) is 16.2. The van der Waals surface area contributed by atoms with Gasteiger partial charge in [0.05, 0.1) is 0 Å². The van der Waals surface area contributed by atoms with Gasteiger partial charge in [0.15, 0.2) is 0 Å². The van der Waals surface area contributed by atoms with Crippen LogP contribution in [0.25, 0.3) is 0 Å². The molecule has 1 unspecified atom stereocenters. The van der Waals surface area contributed by atoms with Crippen molar-refractivity contribution >= 4 is 10.2 Å². The molecule has 0 aromatic carbocycles. The first-order valence-electron chi connectivity index (χ1n) is 7.99. The third kappa shape index (κ3) is 4.16. The number of hydrogen-bond donors (Lipinski definition) is 1. The van der Waals surface area contributed by atoms with Gasteiger partial charge in [0.25, 0.3) is 10.2 Å². The minimum absolute atomic E-state index is 0.127. The number of nitrogens with zero attached hydrogens (tertiary/aromatic N) is 2. The first-order valence-corrected chi connectivity index (χ1v) is 9.39. The van der Waals surface area contributed by atoms with Crippen molar-refractivity contribution < 1.29 is 8.42 Å². The SMILES string of the molecule is CCCNCC1CCCCN1S(=O)(=O)N(C)CC1CC1. The quantitative estimate of drug-likeness (QED) is 0.690. The van der Waals surface area contributed by atoms with E-state index in [1.165, 1.54) is 12.8 Å². The molecule has 1 N–H and O–H groups in total. The fourth-order valence-corrected chi connectivity index (χ4v) is 4.54. The lowest BCUT2D eigenvalue weighted by Crippen LogP contribution is -2.53. The second-order valence-electron chi connectivity index (χ2n) is 6.20. The van der Waals surface area contributed by atoms with Crippen molar-refractivity contribution in [1.82, 2.24) is 13.9 Å². The van der Waals surface area contributed by atoms with Crippen molar-refractivity contribution in [2.24, 2.45) is 5.92 Å². The molecule has 1 aliphatic carbocycles. The zero-order valence-electron chi connectivity index (χ0n) is 12.8. The summed E-state index contributed by atoms with van der Waals surface area (Å²) in [5, 5.41) is 3.37. The van der Waals surface area contributed by atoms with Gasteiger partial charge in [-0.05, 0) is 44.6 Å². The largest absolute Gasteiger partial charge is 0.315 e. The smallest absolute Gasteiger partial charge is 0.282 e. The summed E-state index contributed by atoms with van der Waals surface area (Å²) in [4.78, 5) is 0. The fraction of sp³-hybridized carbons (Fsp3) is 1.00.